The number of ether oxygens (including phenoxy) is 1. The summed E-state index contributed by atoms with van der Waals surface area (Å²) in [6.45, 7) is 0.242. The largest absolute Gasteiger partial charge is 0.486 e. The van der Waals surface area contributed by atoms with Crippen LogP contribution in [0.25, 0.3) is 5.65 Å². The van der Waals surface area contributed by atoms with E-state index >= 15 is 0 Å². The Morgan fingerprint density at radius 1 is 1.29 bits per heavy atom. The van der Waals surface area contributed by atoms with Gasteiger partial charge in [0.05, 0.1) is 11.3 Å². The van der Waals surface area contributed by atoms with Gasteiger partial charge < -0.3 is 20.6 Å². The van der Waals surface area contributed by atoms with E-state index in [4.69, 9.17) is 16.2 Å². The molecule has 0 fully saturated rings. The first kappa shape index (κ1) is 13.0. The van der Waals surface area contributed by atoms with Crippen LogP contribution in [0.1, 0.15) is 16.1 Å². The number of carbonyl (C=O) groups excluding carboxylic acids is 1. The van der Waals surface area contributed by atoms with Crippen LogP contribution in [0.4, 0.5) is 5.69 Å². The molecule has 0 aliphatic carbocycles. The summed E-state index contributed by atoms with van der Waals surface area (Å²) >= 11 is 0. The Balaban J connectivity index is 1.83. The van der Waals surface area contributed by atoms with Gasteiger partial charge in [-0.1, -0.05) is 6.07 Å². The second-order valence-corrected chi connectivity index (χ2v) is 4.61. The molecule has 1 amide bonds. The zero-order valence-electron chi connectivity index (χ0n) is 11.2. The van der Waals surface area contributed by atoms with Gasteiger partial charge in [-0.2, -0.15) is 0 Å². The van der Waals surface area contributed by atoms with Gasteiger partial charge in [0.2, 0.25) is 0 Å². The predicted molar refractivity (Wildman–Crippen MR) is 78.9 cm³/mol. The van der Waals surface area contributed by atoms with Crippen molar-refractivity contribution in [2.75, 3.05) is 5.73 Å². The third-order valence-electron chi connectivity index (χ3n) is 3.06. The molecular formula is C15H14N4O2. The summed E-state index contributed by atoms with van der Waals surface area (Å²) in [6, 6.07) is 10.5. The highest BCUT2D eigenvalue weighted by atomic mass is 16.5. The summed E-state index contributed by atoms with van der Waals surface area (Å²) in [5, 5.41) is 0. The number of nitrogen functional groups attached to an aromatic ring is 1. The summed E-state index contributed by atoms with van der Waals surface area (Å²) in [5.41, 5.74) is 13.3. The summed E-state index contributed by atoms with van der Waals surface area (Å²) in [5.74, 6) is -0.180. The molecule has 3 aromatic rings. The van der Waals surface area contributed by atoms with Gasteiger partial charge in [-0.25, -0.2) is 4.98 Å². The molecule has 2 aromatic heterocycles. The van der Waals surface area contributed by atoms with E-state index in [0.29, 0.717) is 11.4 Å². The Bertz CT molecular complexity index is 777. The van der Waals surface area contributed by atoms with Crippen LogP contribution >= 0.6 is 0 Å². The topological polar surface area (TPSA) is 95.6 Å². The fourth-order valence-corrected chi connectivity index (χ4v) is 2.07. The maximum Gasteiger partial charge on any atom is 0.252 e. The zero-order chi connectivity index (χ0) is 14.8. The number of hydrogen-bond acceptors (Lipinski definition) is 4. The first-order chi connectivity index (χ1) is 10.1. The number of fused-ring (bicyclic) bond motifs is 1. The molecule has 0 radical (unpaired) electrons. The van der Waals surface area contributed by atoms with E-state index in [-0.39, 0.29) is 12.2 Å². The molecule has 3 rings (SSSR count). The van der Waals surface area contributed by atoms with Crippen LogP contribution in [-0.4, -0.2) is 15.3 Å². The first-order valence-electron chi connectivity index (χ1n) is 6.38. The monoisotopic (exact) mass is 282 g/mol. The van der Waals surface area contributed by atoms with Crippen molar-refractivity contribution in [3.8, 4) is 5.75 Å². The van der Waals surface area contributed by atoms with Crippen LogP contribution in [0, 0.1) is 0 Å². The summed E-state index contributed by atoms with van der Waals surface area (Å²) < 4.78 is 7.54. The van der Waals surface area contributed by atoms with E-state index < -0.39 is 5.91 Å². The molecule has 106 valence electrons. The number of amides is 1. The lowest BCUT2D eigenvalue weighted by Crippen LogP contribution is -2.13. The van der Waals surface area contributed by atoms with Crippen LogP contribution in [0.3, 0.4) is 0 Å². The number of pyridine rings is 1. The fraction of sp³-hybridized carbons (Fsp3) is 0.0667. The van der Waals surface area contributed by atoms with Crippen molar-refractivity contribution in [2.45, 2.75) is 6.61 Å². The maximum absolute atomic E-state index is 11.4. The van der Waals surface area contributed by atoms with Crippen LogP contribution in [0.2, 0.25) is 0 Å². The summed E-state index contributed by atoms with van der Waals surface area (Å²) in [4.78, 5) is 15.8. The molecule has 0 aliphatic heterocycles. The minimum Gasteiger partial charge on any atom is -0.486 e. The average molecular weight is 282 g/mol. The number of aromatic nitrogens is 2. The van der Waals surface area contributed by atoms with Gasteiger partial charge in [-0.05, 0) is 30.3 Å². The lowest BCUT2D eigenvalue weighted by atomic mass is 10.1. The molecule has 0 bridgehead atoms. The Kier molecular flexibility index (Phi) is 3.19. The Labute approximate surface area is 121 Å². The van der Waals surface area contributed by atoms with Crippen molar-refractivity contribution in [2.24, 2.45) is 5.73 Å². The maximum atomic E-state index is 11.4. The van der Waals surface area contributed by atoms with Crippen molar-refractivity contribution in [1.29, 1.82) is 0 Å². The first-order valence-corrected chi connectivity index (χ1v) is 6.38. The lowest BCUT2D eigenvalue weighted by Gasteiger charge is -2.08. The molecule has 0 aliphatic rings. The average Bonchev–Trinajstić information content (AvgIpc) is 2.88. The van der Waals surface area contributed by atoms with Gasteiger partial charge in [-0.3, -0.25) is 4.79 Å². The molecule has 2 heterocycles. The number of imidazole rings is 1. The molecule has 0 atom stereocenters. The smallest absolute Gasteiger partial charge is 0.252 e. The van der Waals surface area contributed by atoms with Gasteiger partial charge in [0, 0.05) is 18.1 Å². The third kappa shape index (κ3) is 2.64. The summed E-state index contributed by atoms with van der Waals surface area (Å²) in [6.07, 6.45) is 3.78. The number of anilines is 1. The highest BCUT2D eigenvalue weighted by Crippen LogP contribution is 2.22. The van der Waals surface area contributed by atoms with Crippen molar-refractivity contribution in [3.63, 3.8) is 0 Å². The zero-order valence-corrected chi connectivity index (χ0v) is 11.2. The van der Waals surface area contributed by atoms with E-state index in [1.165, 1.54) is 6.07 Å². The molecule has 0 saturated carbocycles. The highest BCUT2D eigenvalue weighted by molar-refractivity contribution is 5.96. The number of primary amides is 1. The summed E-state index contributed by atoms with van der Waals surface area (Å²) in [7, 11) is 0. The minimum atomic E-state index is -0.577. The van der Waals surface area contributed by atoms with Crippen molar-refractivity contribution in [3.05, 3.63) is 60.0 Å². The highest BCUT2D eigenvalue weighted by Gasteiger charge is 2.11. The van der Waals surface area contributed by atoms with Gasteiger partial charge in [0.25, 0.3) is 5.91 Å². The van der Waals surface area contributed by atoms with Crippen molar-refractivity contribution < 1.29 is 9.53 Å². The standard InChI is InChI=1S/C15H14N4O2/c16-10-4-5-13(12(7-10)15(17)20)21-9-11-8-19-6-2-1-3-14(19)18-11/h1-8H,9,16H2,(H2,17,20). The molecular weight excluding hydrogens is 268 g/mol. The van der Waals surface area contributed by atoms with Crippen molar-refractivity contribution in [1.82, 2.24) is 9.38 Å². The molecule has 6 heteroatoms. The predicted octanol–water partition coefficient (Wildman–Crippen LogP) is 1.59. The number of carbonyl (C=O) groups is 1. The van der Waals surface area contributed by atoms with Gasteiger partial charge in [0.15, 0.2) is 0 Å². The number of nitrogens with two attached hydrogens (primary N) is 2. The number of nitrogens with zero attached hydrogens (tertiary/aromatic N) is 2. The number of hydrogen-bond donors (Lipinski definition) is 2. The van der Waals surface area contributed by atoms with Crippen LogP contribution < -0.4 is 16.2 Å². The Hall–Kier alpha value is -3.02. The van der Waals surface area contributed by atoms with E-state index in [9.17, 15) is 4.79 Å². The molecule has 4 N–H and O–H groups in total. The normalized spacial score (nSPS) is 10.7. The van der Waals surface area contributed by atoms with E-state index in [1.54, 1.807) is 12.1 Å². The quantitative estimate of drug-likeness (QED) is 0.710. The minimum absolute atomic E-state index is 0.242. The molecule has 0 saturated heterocycles. The lowest BCUT2D eigenvalue weighted by molar-refractivity contribution is 0.0996. The van der Waals surface area contributed by atoms with E-state index in [1.807, 2.05) is 35.0 Å². The van der Waals surface area contributed by atoms with Gasteiger partial charge in [-0.15, -0.1) is 0 Å². The molecule has 21 heavy (non-hydrogen) atoms. The van der Waals surface area contributed by atoms with E-state index in [0.717, 1.165) is 11.3 Å². The molecule has 1 aromatic carbocycles. The van der Waals surface area contributed by atoms with Crippen molar-refractivity contribution >= 4 is 17.2 Å². The molecule has 0 unspecified atom stereocenters. The Morgan fingerprint density at radius 2 is 2.14 bits per heavy atom. The second kappa shape index (κ2) is 5.16. The molecule has 0 spiro atoms. The number of rotatable bonds is 4. The molecule has 6 nitrogen and oxygen atoms in total. The van der Waals surface area contributed by atoms with Crippen LogP contribution in [0.15, 0.2) is 48.8 Å². The van der Waals surface area contributed by atoms with Gasteiger partial charge in [0.1, 0.15) is 18.0 Å². The van der Waals surface area contributed by atoms with Crippen LogP contribution in [-0.2, 0) is 6.61 Å². The Morgan fingerprint density at radius 3 is 2.90 bits per heavy atom. The fourth-order valence-electron chi connectivity index (χ4n) is 2.07. The number of benzene rings is 1. The van der Waals surface area contributed by atoms with Crippen LogP contribution in [0.5, 0.6) is 5.75 Å². The SMILES string of the molecule is NC(=O)c1cc(N)ccc1OCc1cn2ccccc2n1. The third-order valence-corrected chi connectivity index (χ3v) is 3.06. The second-order valence-electron chi connectivity index (χ2n) is 4.61. The van der Waals surface area contributed by atoms with Gasteiger partial charge >= 0.3 is 0 Å². The van der Waals surface area contributed by atoms with E-state index in [2.05, 4.69) is 4.98 Å².